The van der Waals surface area contributed by atoms with Crippen LogP contribution < -0.4 is 16.8 Å². The molecule has 0 atom stereocenters. The summed E-state index contributed by atoms with van der Waals surface area (Å²) in [5, 5.41) is 0.561. The van der Waals surface area contributed by atoms with Crippen molar-refractivity contribution < 1.29 is 4.79 Å². The summed E-state index contributed by atoms with van der Waals surface area (Å²) >= 11 is 11.6. The molecule has 0 spiro atoms. The first-order chi connectivity index (χ1) is 8.02. The largest absolute Gasteiger partial charge is 0.319 e. The molecule has 0 radical (unpaired) electrons. The van der Waals surface area contributed by atoms with Crippen molar-refractivity contribution >= 4 is 40.1 Å². The number of nitrogens with zero attached hydrogens (tertiary/aromatic N) is 1. The van der Waals surface area contributed by atoms with E-state index in [4.69, 9.17) is 29.0 Å². The van der Waals surface area contributed by atoms with Gasteiger partial charge in [-0.1, -0.05) is 23.2 Å². The quantitative estimate of drug-likeness (QED) is 0.407. The lowest BCUT2D eigenvalue weighted by Gasteiger charge is -2.03. The van der Waals surface area contributed by atoms with E-state index in [9.17, 15) is 9.59 Å². The molecule has 8 heteroatoms. The van der Waals surface area contributed by atoms with Crippen molar-refractivity contribution in [2.75, 3.05) is 0 Å². The smallest absolute Gasteiger partial charge is 0.289 e. The maximum atomic E-state index is 11.5. The number of hydrogen-bond acceptors (Lipinski definition) is 4. The lowest BCUT2D eigenvalue weighted by Crippen LogP contribution is -2.35. The Hall–Kier alpha value is -1.63. The van der Waals surface area contributed by atoms with E-state index >= 15 is 0 Å². The molecular weight excluding hydrogens is 267 g/mol. The number of rotatable bonds is 1. The number of hydrazine groups is 1. The average Bonchev–Trinajstić information content (AvgIpc) is 2.30. The van der Waals surface area contributed by atoms with Gasteiger partial charge in [-0.15, -0.1) is 0 Å². The third-order valence-electron chi connectivity index (χ3n) is 2.08. The van der Waals surface area contributed by atoms with Crippen molar-refractivity contribution in [1.29, 1.82) is 0 Å². The van der Waals surface area contributed by atoms with Crippen molar-refractivity contribution in [3.05, 3.63) is 38.2 Å². The molecule has 0 aliphatic carbocycles. The van der Waals surface area contributed by atoms with Crippen LogP contribution in [0.2, 0.25) is 10.0 Å². The number of H-pyrrole nitrogens is 1. The highest BCUT2D eigenvalue weighted by Gasteiger charge is 2.13. The molecule has 1 heterocycles. The number of aromatic amines is 1. The van der Waals surface area contributed by atoms with Gasteiger partial charge >= 0.3 is 0 Å². The summed E-state index contributed by atoms with van der Waals surface area (Å²) in [6.07, 6.45) is 0. The second-order valence-corrected chi connectivity index (χ2v) is 3.99. The van der Waals surface area contributed by atoms with Crippen molar-refractivity contribution in [3.63, 3.8) is 0 Å². The van der Waals surface area contributed by atoms with E-state index in [1.54, 1.807) is 0 Å². The second kappa shape index (κ2) is 4.33. The van der Waals surface area contributed by atoms with Gasteiger partial charge in [0.15, 0.2) is 5.69 Å². The van der Waals surface area contributed by atoms with Gasteiger partial charge in [-0.2, -0.15) is 0 Å². The first-order valence-corrected chi connectivity index (χ1v) is 5.18. The number of halogens is 2. The van der Waals surface area contributed by atoms with Crippen molar-refractivity contribution in [3.8, 4) is 0 Å². The molecule has 6 nitrogen and oxygen atoms in total. The Balaban J connectivity index is 2.76. The summed E-state index contributed by atoms with van der Waals surface area (Å²) in [6, 6.07) is 2.90. The van der Waals surface area contributed by atoms with E-state index in [0.717, 1.165) is 0 Å². The fourth-order valence-corrected chi connectivity index (χ4v) is 1.63. The van der Waals surface area contributed by atoms with Crippen LogP contribution in [-0.2, 0) is 0 Å². The Kier molecular flexibility index (Phi) is 3.01. The van der Waals surface area contributed by atoms with Crippen LogP contribution >= 0.6 is 23.2 Å². The van der Waals surface area contributed by atoms with Gasteiger partial charge in [0.1, 0.15) is 0 Å². The number of amides is 1. The van der Waals surface area contributed by atoms with Crippen LogP contribution in [0.3, 0.4) is 0 Å². The van der Waals surface area contributed by atoms with E-state index < -0.39 is 11.5 Å². The Bertz CT molecular complexity index is 668. The highest BCUT2D eigenvalue weighted by atomic mass is 35.5. The molecule has 1 aromatic heterocycles. The molecule has 0 saturated carbocycles. The normalized spacial score (nSPS) is 10.5. The molecule has 1 aromatic carbocycles. The van der Waals surface area contributed by atoms with Crippen LogP contribution in [0.5, 0.6) is 0 Å². The molecule has 0 bridgehead atoms. The van der Waals surface area contributed by atoms with Gasteiger partial charge in [0.2, 0.25) is 0 Å². The number of benzene rings is 1. The molecule has 0 fully saturated rings. The fourth-order valence-electron chi connectivity index (χ4n) is 1.30. The van der Waals surface area contributed by atoms with Crippen molar-refractivity contribution in [2.24, 2.45) is 5.84 Å². The van der Waals surface area contributed by atoms with Crippen LogP contribution in [0, 0.1) is 0 Å². The molecule has 0 saturated heterocycles. The second-order valence-electron chi connectivity index (χ2n) is 3.17. The van der Waals surface area contributed by atoms with E-state index in [0.29, 0.717) is 11.0 Å². The van der Waals surface area contributed by atoms with E-state index in [-0.39, 0.29) is 15.7 Å². The molecule has 88 valence electrons. The Labute approximate surface area is 105 Å². The van der Waals surface area contributed by atoms with Gasteiger partial charge in [0.25, 0.3) is 11.5 Å². The molecule has 4 N–H and O–H groups in total. The predicted molar refractivity (Wildman–Crippen MR) is 64.0 cm³/mol. The Morgan fingerprint density at radius 2 is 2.00 bits per heavy atom. The first kappa shape index (κ1) is 11.8. The summed E-state index contributed by atoms with van der Waals surface area (Å²) in [7, 11) is 0. The van der Waals surface area contributed by atoms with Gasteiger partial charge < -0.3 is 4.98 Å². The zero-order valence-corrected chi connectivity index (χ0v) is 9.76. The van der Waals surface area contributed by atoms with Crippen LogP contribution in [0.4, 0.5) is 0 Å². The number of nitrogens with two attached hydrogens (primary N) is 1. The maximum Gasteiger partial charge on any atom is 0.289 e. The number of fused-ring (bicyclic) bond motifs is 1. The Morgan fingerprint density at radius 3 is 2.65 bits per heavy atom. The van der Waals surface area contributed by atoms with Gasteiger partial charge in [-0.25, -0.2) is 10.8 Å². The number of nitrogens with one attached hydrogen (secondary N) is 2. The maximum absolute atomic E-state index is 11.5. The minimum absolute atomic E-state index is 0.276. The number of nitrogen functional groups attached to an aromatic ring is 1. The van der Waals surface area contributed by atoms with Crippen LogP contribution in [0.1, 0.15) is 10.5 Å². The fraction of sp³-hybridized carbons (Fsp3) is 0. The minimum Gasteiger partial charge on any atom is -0.319 e. The lowest BCUT2D eigenvalue weighted by atomic mass is 10.3. The predicted octanol–water partition coefficient (Wildman–Crippen LogP) is 0.833. The lowest BCUT2D eigenvalue weighted by molar-refractivity contribution is 0.0947. The molecule has 0 unspecified atom stereocenters. The zero-order chi connectivity index (χ0) is 12.6. The molecule has 2 aromatic rings. The third kappa shape index (κ3) is 2.10. The summed E-state index contributed by atoms with van der Waals surface area (Å²) in [4.78, 5) is 29.1. The molecule has 17 heavy (non-hydrogen) atoms. The molecular formula is C9H6Cl2N4O2. The number of carbonyl (C=O) groups is 1. The summed E-state index contributed by atoms with van der Waals surface area (Å²) < 4.78 is 0. The highest BCUT2D eigenvalue weighted by Crippen LogP contribution is 2.25. The van der Waals surface area contributed by atoms with E-state index in [1.165, 1.54) is 12.1 Å². The standard InChI is InChI=1S/C9H6Cl2N4O2/c10-3-1-5-6(2-4(3)11)14-8(16)7(13-5)9(17)15-12/h1-2H,12H2,(H,14,16)(H,15,17). The number of carbonyl (C=O) groups excluding carboxylic acids is 1. The molecule has 1 amide bonds. The zero-order valence-electron chi connectivity index (χ0n) is 8.25. The minimum atomic E-state index is -0.778. The van der Waals surface area contributed by atoms with E-state index in [1.807, 2.05) is 5.43 Å². The van der Waals surface area contributed by atoms with Gasteiger partial charge in [0.05, 0.1) is 21.1 Å². The van der Waals surface area contributed by atoms with Crippen molar-refractivity contribution in [1.82, 2.24) is 15.4 Å². The van der Waals surface area contributed by atoms with Crippen LogP contribution in [0.15, 0.2) is 16.9 Å². The van der Waals surface area contributed by atoms with Crippen LogP contribution in [-0.4, -0.2) is 15.9 Å². The SMILES string of the molecule is NNC(=O)c1nc2cc(Cl)c(Cl)cc2[nH]c1=O. The number of aromatic nitrogens is 2. The van der Waals surface area contributed by atoms with Gasteiger partial charge in [0, 0.05) is 0 Å². The highest BCUT2D eigenvalue weighted by molar-refractivity contribution is 6.42. The summed E-state index contributed by atoms with van der Waals surface area (Å²) in [5.74, 6) is 4.15. The number of hydrogen-bond donors (Lipinski definition) is 3. The molecule has 0 aliphatic heterocycles. The average molecular weight is 273 g/mol. The van der Waals surface area contributed by atoms with Gasteiger partial charge in [-0.05, 0) is 12.1 Å². The van der Waals surface area contributed by atoms with Crippen LogP contribution in [0.25, 0.3) is 11.0 Å². The van der Waals surface area contributed by atoms with E-state index in [2.05, 4.69) is 9.97 Å². The first-order valence-electron chi connectivity index (χ1n) is 4.43. The molecule has 0 aliphatic rings. The summed E-state index contributed by atoms with van der Waals surface area (Å²) in [5.41, 5.74) is 1.58. The summed E-state index contributed by atoms with van der Waals surface area (Å²) in [6.45, 7) is 0. The topological polar surface area (TPSA) is 101 Å². The van der Waals surface area contributed by atoms with Crippen molar-refractivity contribution in [2.45, 2.75) is 0 Å². The van der Waals surface area contributed by atoms with Gasteiger partial charge in [-0.3, -0.25) is 15.0 Å². The monoisotopic (exact) mass is 272 g/mol. The molecule has 2 rings (SSSR count). The Morgan fingerprint density at radius 1 is 1.35 bits per heavy atom. The third-order valence-corrected chi connectivity index (χ3v) is 2.80.